The second kappa shape index (κ2) is 8.49. The van der Waals surface area contributed by atoms with Gasteiger partial charge in [-0.05, 0) is 42.8 Å². The molecular formula is C18H17ClFNO5S. The van der Waals surface area contributed by atoms with Crippen LogP contribution in [0.25, 0.3) is 0 Å². The molecular weight excluding hydrogens is 397 g/mol. The van der Waals surface area contributed by atoms with E-state index in [1.54, 1.807) is 6.92 Å². The van der Waals surface area contributed by atoms with Crippen LogP contribution in [0.1, 0.15) is 28.9 Å². The number of hydrogen-bond acceptors (Lipinski definition) is 5. The molecule has 0 radical (unpaired) electrons. The molecule has 0 spiro atoms. The van der Waals surface area contributed by atoms with Crippen LogP contribution >= 0.6 is 11.6 Å². The third-order valence-electron chi connectivity index (χ3n) is 3.67. The maximum absolute atomic E-state index is 12.9. The van der Waals surface area contributed by atoms with Crippen molar-refractivity contribution in [1.29, 1.82) is 0 Å². The number of rotatable bonds is 6. The minimum absolute atomic E-state index is 0.00693. The minimum Gasteiger partial charge on any atom is -0.452 e. The van der Waals surface area contributed by atoms with Gasteiger partial charge in [0, 0.05) is 6.26 Å². The lowest BCUT2D eigenvalue weighted by Gasteiger charge is -2.14. The maximum atomic E-state index is 12.9. The van der Waals surface area contributed by atoms with Crippen molar-refractivity contribution in [3.05, 3.63) is 64.4 Å². The van der Waals surface area contributed by atoms with Gasteiger partial charge in [0.1, 0.15) is 5.82 Å². The summed E-state index contributed by atoms with van der Waals surface area (Å²) in [4.78, 5) is 24.0. The molecule has 9 heteroatoms. The lowest BCUT2D eigenvalue weighted by molar-refractivity contribution is -0.124. The second-order valence-corrected chi connectivity index (χ2v) is 8.25. The standard InChI is InChI=1S/C18H17ClFNO5S/c1-11(12-3-5-13(20)6-4-12)21-17(22)10-26-18(23)15-9-14(27(2,24)25)7-8-16(15)19/h3-9,11H,10H2,1-2H3,(H,21,22)/t11-/m0/s1. The summed E-state index contributed by atoms with van der Waals surface area (Å²) in [6.45, 7) is 1.11. The first-order valence-corrected chi connectivity index (χ1v) is 10.1. The zero-order valence-electron chi connectivity index (χ0n) is 14.5. The van der Waals surface area contributed by atoms with Crippen LogP contribution in [0.4, 0.5) is 4.39 Å². The van der Waals surface area contributed by atoms with E-state index in [0.717, 1.165) is 12.3 Å². The summed E-state index contributed by atoms with van der Waals surface area (Å²) in [6, 6.07) is 8.82. The highest BCUT2D eigenvalue weighted by Crippen LogP contribution is 2.21. The molecule has 0 bridgehead atoms. The highest BCUT2D eigenvalue weighted by Gasteiger charge is 2.18. The summed E-state index contributed by atoms with van der Waals surface area (Å²) in [6.07, 6.45) is 0.996. The van der Waals surface area contributed by atoms with Crippen LogP contribution in [0.3, 0.4) is 0 Å². The van der Waals surface area contributed by atoms with Gasteiger partial charge in [-0.2, -0.15) is 0 Å². The van der Waals surface area contributed by atoms with Crippen molar-refractivity contribution < 1.29 is 27.1 Å². The van der Waals surface area contributed by atoms with E-state index >= 15 is 0 Å². The van der Waals surface area contributed by atoms with Gasteiger partial charge in [-0.25, -0.2) is 17.6 Å². The Bertz CT molecular complexity index is 960. The van der Waals surface area contributed by atoms with Gasteiger partial charge in [0.15, 0.2) is 16.4 Å². The van der Waals surface area contributed by atoms with Gasteiger partial charge in [-0.15, -0.1) is 0 Å². The van der Waals surface area contributed by atoms with Crippen molar-refractivity contribution in [3.8, 4) is 0 Å². The van der Waals surface area contributed by atoms with Gasteiger partial charge in [0.25, 0.3) is 5.91 Å². The summed E-state index contributed by atoms with van der Waals surface area (Å²) in [7, 11) is -3.53. The molecule has 2 rings (SSSR count). The number of hydrogen-bond donors (Lipinski definition) is 1. The number of nitrogens with one attached hydrogen (secondary N) is 1. The zero-order chi connectivity index (χ0) is 20.2. The summed E-state index contributed by atoms with van der Waals surface area (Å²) in [5, 5.41) is 2.61. The summed E-state index contributed by atoms with van der Waals surface area (Å²) < 4.78 is 41.0. The Morgan fingerprint density at radius 3 is 2.41 bits per heavy atom. The largest absolute Gasteiger partial charge is 0.452 e. The number of carbonyl (C=O) groups excluding carboxylic acids is 2. The average Bonchev–Trinajstić information content (AvgIpc) is 2.59. The van der Waals surface area contributed by atoms with Crippen LogP contribution in [-0.2, 0) is 19.4 Å². The van der Waals surface area contributed by atoms with Crippen LogP contribution < -0.4 is 5.32 Å². The SMILES string of the molecule is C[C@H](NC(=O)COC(=O)c1cc(S(C)(=O)=O)ccc1Cl)c1ccc(F)cc1. The van der Waals surface area contributed by atoms with Crippen molar-refractivity contribution in [3.63, 3.8) is 0 Å². The lowest BCUT2D eigenvalue weighted by Crippen LogP contribution is -2.31. The number of ether oxygens (including phenoxy) is 1. The van der Waals surface area contributed by atoms with Crippen LogP contribution in [0.5, 0.6) is 0 Å². The number of sulfone groups is 1. The van der Waals surface area contributed by atoms with Crippen molar-refractivity contribution >= 4 is 33.3 Å². The predicted octanol–water partition coefficient (Wildman–Crippen LogP) is 2.92. The van der Waals surface area contributed by atoms with Crippen LogP contribution in [0.15, 0.2) is 47.4 Å². The highest BCUT2D eigenvalue weighted by atomic mass is 35.5. The molecule has 27 heavy (non-hydrogen) atoms. The Morgan fingerprint density at radius 1 is 1.19 bits per heavy atom. The zero-order valence-corrected chi connectivity index (χ0v) is 16.1. The molecule has 0 saturated carbocycles. The summed E-state index contributed by atoms with van der Waals surface area (Å²) in [5.74, 6) is -1.88. The van der Waals surface area contributed by atoms with E-state index in [4.69, 9.17) is 16.3 Å². The second-order valence-electron chi connectivity index (χ2n) is 5.83. The molecule has 0 aromatic heterocycles. The van der Waals surface area contributed by atoms with Gasteiger partial charge < -0.3 is 10.1 Å². The van der Waals surface area contributed by atoms with Crippen molar-refractivity contribution in [2.75, 3.05) is 12.9 Å². The first-order valence-electron chi connectivity index (χ1n) is 7.79. The van der Waals surface area contributed by atoms with Gasteiger partial charge >= 0.3 is 5.97 Å². The monoisotopic (exact) mass is 413 g/mol. The molecule has 6 nitrogen and oxygen atoms in total. The van der Waals surface area contributed by atoms with Gasteiger partial charge in [-0.3, -0.25) is 4.79 Å². The predicted molar refractivity (Wildman–Crippen MR) is 97.8 cm³/mol. The molecule has 0 heterocycles. The van der Waals surface area contributed by atoms with E-state index in [1.807, 2.05) is 0 Å². The van der Waals surface area contributed by atoms with E-state index in [9.17, 15) is 22.4 Å². The lowest BCUT2D eigenvalue weighted by atomic mass is 10.1. The summed E-state index contributed by atoms with van der Waals surface area (Å²) >= 11 is 5.91. The van der Waals surface area contributed by atoms with E-state index < -0.39 is 34.4 Å². The molecule has 144 valence electrons. The maximum Gasteiger partial charge on any atom is 0.340 e. The fraction of sp³-hybridized carbons (Fsp3) is 0.222. The average molecular weight is 414 g/mol. The Hall–Kier alpha value is -2.45. The highest BCUT2D eigenvalue weighted by molar-refractivity contribution is 7.90. The number of carbonyl (C=O) groups is 2. The van der Waals surface area contributed by atoms with E-state index in [1.165, 1.54) is 36.4 Å². The number of esters is 1. The van der Waals surface area contributed by atoms with Gasteiger partial charge in [0.05, 0.1) is 21.5 Å². The molecule has 0 aliphatic rings. The third-order valence-corrected chi connectivity index (χ3v) is 5.11. The van der Waals surface area contributed by atoms with Gasteiger partial charge in [0.2, 0.25) is 0 Å². The number of benzene rings is 2. The van der Waals surface area contributed by atoms with Crippen LogP contribution in [0, 0.1) is 5.82 Å². The Kier molecular flexibility index (Phi) is 6.56. The van der Waals surface area contributed by atoms with Crippen molar-refractivity contribution in [1.82, 2.24) is 5.32 Å². The molecule has 0 aliphatic heterocycles. The number of halogens is 2. The molecule has 1 N–H and O–H groups in total. The van der Waals surface area contributed by atoms with Crippen molar-refractivity contribution in [2.45, 2.75) is 17.9 Å². The molecule has 0 unspecified atom stereocenters. The molecule has 0 aliphatic carbocycles. The Labute approximate surface area is 161 Å². The third kappa shape index (κ3) is 5.77. The molecule has 1 atom stereocenters. The van der Waals surface area contributed by atoms with Gasteiger partial charge in [-0.1, -0.05) is 23.7 Å². The minimum atomic E-state index is -3.53. The quantitative estimate of drug-likeness (QED) is 0.735. The molecule has 2 aromatic rings. The first-order chi connectivity index (χ1) is 12.6. The fourth-order valence-corrected chi connectivity index (χ4v) is 3.06. The first kappa shape index (κ1) is 20.9. The Balaban J connectivity index is 1.99. The smallest absolute Gasteiger partial charge is 0.340 e. The molecule has 2 aromatic carbocycles. The van der Waals surface area contributed by atoms with Crippen LogP contribution in [0.2, 0.25) is 5.02 Å². The normalized spacial score (nSPS) is 12.3. The molecule has 1 amide bonds. The van der Waals surface area contributed by atoms with E-state index in [2.05, 4.69) is 5.32 Å². The van der Waals surface area contributed by atoms with E-state index in [0.29, 0.717) is 5.56 Å². The molecule has 0 saturated heterocycles. The van der Waals surface area contributed by atoms with E-state index in [-0.39, 0.29) is 21.3 Å². The van der Waals surface area contributed by atoms with Crippen LogP contribution in [-0.4, -0.2) is 33.2 Å². The van der Waals surface area contributed by atoms with Crippen molar-refractivity contribution in [2.24, 2.45) is 0 Å². The molecule has 0 fully saturated rings. The Morgan fingerprint density at radius 2 is 1.81 bits per heavy atom. The fourth-order valence-electron chi connectivity index (χ4n) is 2.22. The number of amides is 1. The topological polar surface area (TPSA) is 89.5 Å². The summed E-state index contributed by atoms with van der Waals surface area (Å²) in [5.41, 5.74) is 0.527.